The zero-order chi connectivity index (χ0) is 13.4. The molecule has 2 N–H and O–H groups in total. The normalized spacial score (nSPS) is 11.8. The van der Waals surface area contributed by atoms with Crippen LogP contribution < -0.4 is 5.32 Å². The molecular formula is C13H17NO4. The fourth-order valence-corrected chi connectivity index (χ4v) is 1.58. The molecule has 0 aromatic heterocycles. The Morgan fingerprint density at radius 2 is 2.00 bits per heavy atom. The van der Waals surface area contributed by atoms with Gasteiger partial charge in [0.15, 0.2) is 0 Å². The van der Waals surface area contributed by atoms with E-state index in [1.807, 2.05) is 30.3 Å². The predicted octanol–water partition coefficient (Wildman–Crippen LogP) is 0.835. The van der Waals surface area contributed by atoms with Gasteiger partial charge in [-0.1, -0.05) is 30.3 Å². The van der Waals surface area contributed by atoms with Gasteiger partial charge >= 0.3 is 5.97 Å². The molecule has 0 bridgehead atoms. The number of amides is 1. The molecule has 5 nitrogen and oxygen atoms in total. The summed E-state index contributed by atoms with van der Waals surface area (Å²) in [5.74, 6) is -1.45. The van der Waals surface area contributed by atoms with Crippen LogP contribution in [0.1, 0.15) is 12.0 Å². The van der Waals surface area contributed by atoms with Crippen LogP contribution in [0, 0.1) is 0 Å². The lowest BCUT2D eigenvalue weighted by Crippen LogP contribution is -2.42. The zero-order valence-electron chi connectivity index (χ0n) is 10.3. The minimum Gasteiger partial charge on any atom is -0.480 e. The molecule has 1 unspecified atom stereocenters. The number of hydrogen-bond acceptors (Lipinski definition) is 3. The number of carboxylic acids is 1. The Bertz CT molecular complexity index is 391. The molecule has 0 saturated carbocycles. The number of rotatable bonds is 7. The van der Waals surface area contributed by atoms with E-state index >= 15 is 0 Å². The molecule has 0 aliphatic rings. The number of carboxylic acid groups (broad SMARTS) is 1. The lowest BCUT2D eigenvalue weighted by Gasteiger charge is -2.14. The number of carbonyl (C=O) groups excluding carboxylic acids is 1. The quantitative estimate of drug-likeness (QED) is 0.752. The highest BCUT2D eigenvalue weighted by Crippen LogP contribution is 2.05. The van der Waals surface area contributed by atoms with E-state index in [1.54, 1.807) is 0 Å². The number of ether oxygens (including phenoxy) is 1. The summed E-state index contributed by atoms with van der Waals surface area (Å²) in [5.41, 5.74) is 1.05. The molecule has 1 atom stereocenters. The van der Waals surface area contributed by atoms with Gasteiger partial charge in [0, 0.05) is 7.11 Å². The van der Waals surface area contributed by atoms with E-state index in [1.165, 1.54) is 7.11 Å². The summed E-state index contributed by atoms with van der Waals surface area (Å²) >= 11 is 0. The minimum absolute atomic E-state index is 0.130. The number of nitrogens with one attached hydrogen (secondary N) is 1. The van der Waals surface area contributed by atoms with Crippen molar-refractivity contribution in [3.63, 3.8) is 0 Å². The fraction of sp³-hybridized carbons (Fsp3) is 0.385. The number of aryl methyl sites for hydroxylation is 1. The van der Waals surface area contributed by atoms with Crippen LogP contribution in [0.25, 0.3) is 0 Å². The number of aliphatic carboxylic acids is 1. The molecule has 0 saturated heterocycles. The van der Waals surface area contributed by atoms with Crippen LogP contribution in [0.5, 0.6) is 0 Å². The van der Waals surface area contributed by atoms with Crippen molar-refractivity contribution in [3.05, 3.63) is 35.9 Å². The van der Waals surface area contributed by atoms with Crippen molar-refractivity contribution in [2.24, 2.45) is 0 Å². The van der Waals surface area contributed by atoms with E-state index in [0.717, 1.165) is 5.56 Å². The van der Waals surface area contributed by atoms with Crippen LogP contribution in [0.15, 0.2) is 30.3 Å². The minimum atomic E-state index is -1.03. The van der Waals surface area contributed by atoms with E-state index in [-0.39, 0.29) is 6.61 Å². The largest absolute Gasteiger partial charge is 0.480 e. The Morgan fingerprint density at radius 3 is 2.56 bits per heavy atom. The summed E-state index contributed by atoms with van der Waals surface area (Å²) in [4.78, 5) is 22.3. The highest BCUT2D eigenvalue weighted by Gasteiger charge is 2.19. The molecule has 0 aliphatic heterocycles. The van der Waals surface area contributed by atoms with E-state index in [2.05, 4.69) is 10.1 Å². The van der Waals surface area contributed by atoms with E-state index in [4.69, 9.17) is 5.11 Å². The molecule has 0 heterocycles. The van der Waals surface area contributed by atoms with Gasteiger partial charge in [-0.15, -0.1) is 0 Å². The topological polar surface area (TPSA) is 75.6 Å². The second-order valence-electron chi connectivity index (χ2n) is 3.92. The maximum Gasteiger partial charge on any atom is 0.326 e. The Morgan fingerprint density at radius 1 is 1.33 bits per heavy atom. The van der Waals surface area contributed by atoms with Crippen molar-refractivity contribution >= 4 is 11.9 Å². The highest BCUT2D eigenvalue weighted by atomic mass is 16.5. The van der Waals surface area contributed by atoms with Gasteiger partial charge in [-0.25, -0.2) is 4.79 Å². The van der Waals surface area contributed by atoms with Crippen LogP contribution in [0.3, 0.4) is 0 Å². The number of methoxy groups -OCH3 is 1. The molecular weight excluding hydrogens is 234 g/mol. The average molecular weight is 251 g/mol. The van der Waals surface area contributed by atoms with Crippen molar-refractivity contribution in [1.82, 2.24) is 5.32 Å². The lowest BCUT2D eigenvalue weighted by molar-refractivity contribution is -0.142. The second kappa shape index (κ2) is 7.45. The second-order valence-corrected chi connectivity index (χ2v) is 3.92. The van der Waals surface area contributed by atoms with Crippen LogP contribution in [-0.2, 0) is 20.7 Å². The maximum atomic E-state index is 11.3. The van der Waals surface area contributed by atoms with Gasteiger partial charge in [0.05, 0.1) is 0 Å². The van der Waals surface area contributed by atoms with Gasteiger partial charge in [-0.2, -0.15) is 0 Å². The third-order valence-corrected chi connectivity index (χ3v) is 2.47. The van der Waals surface area contributed by atoms with Crippen LogP contribution in [0.2, 0.25) is 0 Å². The van der Waals surface area contributed by atoms with Gasteiger partial charge in [0.25, 0.3) is 0 Å². The molecule has 98 valence electrons. The van der Waals surface area contributed by atoms with Crippen LogP contribution >= 0.6 is 0 Å². The SMILES string of the molecule is COCC(=O)NC(CCc1ccccc1)C(=O)O. The zero-order valence-corrected chi connectivity index (χ0v) is 10.3. The first kappa shape index (κ1) is 14.2. The Hall–Kier alpha value is -1.88. The number of benzene rings is 1. The number of carbonyl (C=O) groups is 2. The molecule has 1 rings (SSSR count). The smallest absolute Gasteiger partial charge is 0.326 e. The van der Waals surface area contributed by atoms with Crippen LogP contribution in [0.4, 0.5) is 0 Å². The molecule has 1 amide bonds. The molecule has 5 heteroatoms. The summed E-state index contributed by atoms with van der Waals surface area (Å²) in [5, 5.41) is 11.4. The maximum absolute atomic E-state index is 11.3. The van der Waals surface area contributed by atoms with Crippen molar-refractivity contribution in [2.75, 3.05) is 13.7 Å². The van der Waals surface area contributed by atoms with Crippen molar-refractivity contribution in [1.29, 1.82) is 0 Å². The van der Waals surface area contributed by atoms with Crippen molar-refractivity contribution in [2.45, 2.75) is 18.9 Å². The average Bonchev–Trinajstić information content (AvgIpc) is 2.35. The van der Waals surface area contributed by atoms with Gasteiger partial charge < -0.3 is 15.2 Å². The van der Waals surface area contributed by atoms with E-state index in [9.17, 15) is 9.59 Å². The van der Waals surface area contributed by atoms with Crippen molar-refractivity contribution in [3.8, 4) is 0 Å². The van der Waals surface area contributed by atoms with Gasteiger partial charge in [0.1, 0.15) is 12.6 Å². The van der Waals surface area contributed by atoms with E-state index in [0.29, 0.717) is 12.8 Å². The molecule has 0 fully saturated rings. The first-order chi connectivity index (χ1) is 8.63. The molecule has 0 radical (unpaired) electrons. The fourth-order valence-electron chi connectivity index (χ4n) is 1.58. The first-order valence-corrected chi connectivity index (χ1v) is 5.68. The third-order valence-electron chi connectivity index (χ3n) is 2.47. The molecule has 0 aliphatic carbocycles. The van der Waals surface area contributed by atoms with Crippen LogP contribution in [-0.4, -0.2) is 36.7 Å². The van der Waals surface area contributed by atoms with Gasteiger partial charge in [-0.3, -0.25) is 4.79 Å². The first-order valence-electron chi connectivity index (χ1n) is 5.68. The van der Waals surface area contributed by atoms with Crippen molar-refractivity contribution < 1.29 is 19.4 Å². The standard InChI is InChI=1S/C13H17NO4/c1-18-9-12(15)14-11(13(16)17)8-7-10-5-3-2-4-6-10/h2-6,11H,7-9H2,1H3,(H,14,15)(H,16,17). The van der Waals surface area contributed by atoms with E-state index < -0.39 is 17.9 Å². The van der Waals surface area contributed by atoms with Gasteiger partial charge in [0.2, 0.25) is 5.91 Å². The Kier molecular flexibility index (Phi) is 5.87. The monoisotopic (exact) mass is 251 g/mol. The molecule has 1 aromatic carbocycles. The summed E-state index contributed by atoms with van der Waals surface area (Å²) < 4.78 is 4.64. The van der Waals surface area contributed by atoms with Gasteiger partial charge in [-0.05, 0) is 18.4 Å². The predicted molar refractivity (Wildman–Crippen MR) is 66.2 cm³/mol. The summed E-state index contributed by atoms with van der Waals surface area (Å²) in [6, 6.07) is 8.67. The number of hydrogen-bond donors (Lipinski definition) is 2. The molecule has 0 spiro atoms. The Balaban J connectivity index is 2.48. The highest BCUT2D eigenvalue weighted by molar-refractivity contribution is 5.84. The lowest BCUT2D eigenvalue weighted by atomic mass is 10.1. The summed E-state index contributed by atoms with van der Waals surface area (Å²) in [6.45, 7) is -0.130. The summed E-state index contributed by atoms with van der Waals surface area (Å²) in [7, 11) is 1.39. The third kappa shape index (κ3) is 4.97. The summed E-state index contributed by atoms with van der Waals surface area (Å²) in [6.07, 6.45) is 0.958. The molecule has 18 heavy (non-hydrogen) atoms. The Labute approximate surface area is 106 Å². The molecule has 1 aromatic rings.